The van der Waals surface area contributed by atoms with E-state index in [1.165, 1.54) is 0 Å². The molecule has 1 atom stereocenters. The third-order valence-electron chi connectivity index (χ3n) is 7.07. The molecule has 0 spiro atoms. The fourth-order valence-corrected chi connectivity index (χ4v) is 5.22. The van der Waals surface area contributed by atoms with Crippen molar-refractivity contribution in [1.29, 1.82) is 0 Å². The van der Waals surface area contributed by atoms with Crippen LogP contribution in [-0.4, -0.2) is 71.5 Å². The highest BCUT2D eigenvalue weighted by Gasteiger charge is 2.39. The van der Waals surface area contributed by atoms with Crippen LogP contribution in [0.3, 0.4) is 0 Å². The van der Waals surface area contributed by atoms with Crippen LogP contribution in [0.2, 0.25) is 0 Å². The predicted molar refractivity (Wildman–Crippen MR) is 138 cm³/mol. The number of anilines is 2. The van der Waals surface area contributed by atoms with Crippen molar-refractivity contribution in [2.45, 2.75) is 12.8 Å². The lowest BCUT2D eigenvalue weighted by Crippen LogP contribution is -2.51. The van der Waals surface area contributed by atoms with Crippen LogP contribution in [0.1, 0.15) is 17.4 Å². The summed E-state index contributed by atoms with van der Waals surface area (Å²) in [4.78, 5) is 39.6. The number of rotatable bonds is 5. The molecule has 0 bridgehead atoms. The fourth-order valence-electron chi connectivity index (χ4n) is 5.22. The van der Waals surface area contributed by atoms with Gasteiger partial charge in [-0.2, -0.15) is 4.98 Å². The van der Waals surface area contributed by atoms with Crippen molar-refractivity contribution >= 4 is 34.0 Å². The number of carbonyl (C=O) groups is 2. The zero-order valence-corrected chi connectivity index (χ0v) is 20.6. The molecule has 10 heteroatoms. The molecule has 1 unspecified atom stereocenters. The van der Waals surface area contributed by atoms with Gasteiger partial charge in [-0.15, -0.1) is 0 Å². The van der Waals surface area contributed by atoms with Gasteiger partial charge in [0.05, 0.1) is 18.7 Å². The third-order valence-corrected chi connectivity index (χ3v) is 7.07. The van der Waals surface area contributed by atoms with E-state index < -0.39 is 17.6 Å². The van der Waals surface area contributed by atoms with Crippen molar-refractivity contribution in [1.82, 2.24) is 20.0 Å². The van der Waals surface area contributed by atoms with Crippen LogP contribution < -0.4 is 15.0 Å². The Hall–Kier alpha value is -4.47. The summed E-state index contributed by atoms with van der Waals surface area (Å²) in [7, 11) is 1.55. The molecule has 0 saturated carbocycles. The molecule has 4 aromatic rings. The van der Waals surface area contributed by atoms with E-state index in [2.05, 4.69) is 37.5 Å². The minimum atomic E-state index is -0.664. The van der Waals surface area contributed by atoms with Gasteiger partial charge in [-0.1, -0.05) is 29.4 Å². The molecule has 188 valence electrons. The molecule has 10 nitrogen and oxygen atoms in total. The molecule has 2 aromatic heterocycles. The van der Waals surface area contributed by atoms with Gasteiger partial charge in [-0.05, 0) is 23.6 Å². The van der Waals surface area contributed by atoms with E-state index >= 15 is 0 Å². The highest BCUT2D eigenvalue weighted by Crippen LogP contribution is 2.44. The number of benzene rings is 2. The van der Waals surface area contributed by atoms with E-state index in [-0.39, 0.29) is 0 Å². The molecule has 1 fully saturated rings. The van der Waals surface area contributed by atoms with Crippen molar-refractivity contribution in [2.75, 3.05) is 50.1 Å². The molecule has 1 N–H and O–H groups in total. The van der Waals surface area contributed by atoms with Gasteiger partial charge < -0.3 is 24.4 Å². The summed E-state index contributed by atoms with van der Waals surface area (Å²) in [6.45, 7) is 4.11. The summed E-state index contributed by atoms with van der Waals surface area (Å²) >= 11 is 0. The number of aromatic nitrogens is 3. The third kappa shape index (κ3) is 3.94. The molecule has 2 aliphatic heterocycles. The van der Waals surface area contributed by atoms with Crippen molar-refractivity contribution in [2.24, 2.45) is 0 Å². The van der Waals surface area contributed by atoms with Crippen LogP contribution in [-0.2, 0) is 9.59 Å². The average molecular weight is 499 g/mol. The van der Waals surface area contributed by atoms with Gasteiger partial charge in [0.25, 0.3) is 5.91 Å². The molecular weight excluding hydrogens is 472 g/mol. The number of amides is 1. The number of Topliss-reactive ketones (excluding diaryl/α,β-unsaturated/α-hetero) is 1. The first-order chi connectivity index (χ1) is 18.0. The second kappa shape index (κ2) is 9.20. The summed E-state index contributed by atoms with van der Waals surface area (Å²) in [6.07, 6.45) is 1.81. The summed E-state index contributed by atoms with van der Waals surface area (Å²) in [6, 6.07) is 13.7. The van der Waals surface area contributed by atoms with Crippen LogP contribution >= 0.6 is 0 Å². The van der Waals surface area contributed by atoms with Crippen LogP contribution in [0.15, 0.2) is 53.2 Å². The van der Waals surface area contributed by atoms with E-state index in [1.807, 2.05) is 24.3 Å². The van der Waals surface area contributed by atoms with Crippen molar-refractivity contribution in [3.8, 4) is 17.1 Å². The number of ether oxygens (including phenoxy) is 1. The zero-order chi connectivity index (χ0) is 25.5. The van der Waals surface area contributed by atoms with E-state index in [0.29, 0.717) is 67.0 Å². The number of fused-ring (bicyclic) bond motifs is 2. The molecule has 6 rings (SSSR count). The summed E-state index contributed by atoms with van der Waals surface area (Å²) in [5, 5.41) is 9.49. The fraction of sp³-hybridized carbons (Fsp3) is 0.296. The molecule has 0 radical (unpaired) electrons. The van der Waals surface area contributed by atoms with Crippen molar-refractivity contribution < 1.29 is 18.8 Å². The Morgan fingerprint density at radius 1 is 1.08 bits per heavy atom. The molecule has 1 amide bonds. The number of methoxy groups -OCH3 is 1. The lowest BCUT2D eigenvalue weighted by molar-refractivity contribution is -0.145. The van der Waals surface area contributed by atoms with Gasteiger partial charge in [0.15, 0.2) is 0 Å². The second-order valence-electron chi connectivity index (χ2n) is 9.17. The highest BCUT2D eigenvalue weighted by molar-refractivity contribution is 6.38. The second-order valence-corrected chi connectivity index (χ2v) is 9.17. The van der Waals surface area contributed by atoms with E-state index in [0.717, 1.165) is 16.6 Å². The Balaban J connectivity index is 1.21. The zero-order valence-electron chi connectivity index (χ0n) is 20.6. The van der Waals surface area contributed by atoms with E-state index in [1.54, 1.807) is 31.2 Å². The molecule has 0 aliphatic carbocycles. The van der Waals surface area contributed by atoms with Crippen molar-refractivity contribution in [3.63, 3.8) is 0 Å². The number of nitrogens with one attached hydrogen (secondary N) is 1. The predicted octanol–water partition coefficient (Wildman–Crippen LogP) is 3.03. The van der Waals surface area contributed by atoms with Gasteiger partial charge >= 0.3 is 0 Å². The molecule has 2 aromatic carbocycles. The Bertz CT molecular complexity index is 1500. The molecular formula is C27H26N6O4. The Morgan fingerprint density at radius 3 is 2.65 bits per heavy atom. The maximum atomic E-state index is 13.5. The summed E-state index contributed by atoms with van der Waals surface area (Å²) in [5.41, 5.74) is 2.05. The highest BCUT2D eigenvalue weighted by atomic mass is 16.5. The summed E-state index contributed by atoms with van der Waals surface area (Å²) < 4.78 is 10.7. The Kier molecular flexibility index (Phi) is 5.71. The average Bonchev–Trinajstić information content (AvgIpc) is 3.58. The number of hydrogen-bond acceptors (Lipinski definition) is 9. The first-order valence-electron chi connectivity index (χ1n) is 12.2. The van der Waals surface area contributed by atoms with Crippen LogP contribution in [0.5, 0.6) is 5.75 Å². The number of pyridine rings is 1. The van der Waals surface area contributed by atoms with E-state index in [4.69, 9.17) is 9.26 Å². The normalized spacial score (nSPS) is 17.0. The number of piperazine rings is 1. The standard InChI is InChI=1S/C27H26N6O4/c1-16-30-25(31-37-16)19-7-8-21(36-2)22-20(15-29-23(19)22)24(34)27(35)33-13-11-32(12-14-33)26-18-6-4-3-5-17(18)9-10-28-26/h3-10,20,29H,11-15H2,1-2H3. The van der Waals surface area contributed by atoms with Crippen LogP contribution in [0.4, 0.5) is 11.5 Å². The topological polar surface area (TPSA) is 114 Å². The lowest BCUT2D eigenvalue weighted by Gasteiger charge is -2.35. The quantitative estimate of drug-likeness (QED) is 0.415. The van der Waals surface area contributed by atoms with Crippen molar-refractivity contribution in [3.05, 3.63) is 60.1 Å². The number of nitrogens with zero attached hydrogens (tertiary/aromatic N) is 5. The van der Waals surface area contributed by atoms with Gasteiger partial charge in [-0.25, -0.2) is 4.98 Å². The monoisotopic (exact) mass is 498 g/mol. The van der Waals surface area contributed by atoms with Gasteiger partial charge in [0.2, 0.25) is 17.5 Å². The molecule has 4 heterocycles. The molecule has 2 aliphatic rings. The van der Waals surface area contributed by atoms with Gasteiger partial charge in [0, 0.05) is 62.4 Å². The Morgan fingerprint density at radius 2 is 1.89 bits per heavy atom. The minimum absolute atomic E-state index is 0.296. The molecule has 1 saturated heterocycles. The minimum Gasteiger partial charge on any atom is -0.496 e. The number of hydrogen-bond donors (Lipinski definition) is 1. The smallest absolute Gasteiger partial charge is 0.290 e. The summed E-state index contributed by atoms with van der Waals surface area (Å²) in [5.74, 6) is 0.708. The maximum Gasteiger partial charge on any atom is 0.290 e. The lowest BCUT2D eigenvalue weighted by atomic mass is 9.93. The SMILES string of the molecule is COc1ccc(-c2noc(C)n2)c2c1C(C(=O)C(=O)N1CCN(c3nccc4ccccc34)CC1)CN2. The van der Waals surface area contributed by atoms with Crippen LogP contribution in [0.25, 0.3) is 22.2 Å². The molecule has 37 heavy (non-hydrogen) atoms. The number of aryl methyl sites for hydroxylation is 1. The van der Waals surface area contributed by atoms with Crippen LogP contribution in [0, 0.1) is 6.92 Å². The van der Waals surface area contributed by atoms with Gasteiger partial charge in [0.1, 0.15) is 11.6 Å². The number of carbonyl (C=O) groups excluding carboxylic acids is 2. The van der Waals surface area contributed by atoms with Gasteiger partial charge in [-0.3, -0.25) is 9.59 Å². The van der Waals surface area contributed by atoms with E-state index in [9.17, 15) is 9.59 Å². The Labute approximate surface area is 213 Å². The first-order valence-corrected chi connectivity index (χ1v) is 12.2. The largest absolute Gasteiger partial charge is 0.496 e. The maximum absolute atomic E-state index is 13.5. The number of ketones is 1. The first kappa shape index (κ1) is 23.0.